The van der Waals surface area contributed by atoms with Gasteiger partial charge in [-0.2, -0.15) is 5.26 Å². The van der Waals surface area contributed by atoms with Crippen LogP contribution in [0.25, 0.3) is 0 Å². The number of hydrogen-bond donors (Lipinski definition) is 3. The number of carboxylic acids is 1. The Hall–Kier alpha value is -3.15. The van der Waals surface area contributed by atoms with Gasteiger partial charge in [-0.1, -0.05) is 12.1 Å². The summed E-state index contributed by atoms with van der Waals surface area (Å²) in [4.78, 5) is 14.8. The molecule has 0 unspecified atom stereocenters. The maximum absolute atomic E-state index is 10.7. The Labute approximate surface area is 182 Å². The van der Waals surface area contributed by atoms with Crippen LogP contribution in [-0.2, 0) is 17.6 Å². The van der Waals surface area contributed by atoms with Gasteiger partial charge in [-0.15, -0.1) is 0 Å². The first-order valence-corrected chi connectivity index (χ1v) is 10.0. The second kappa shape index (κ2) is 11.3. The Morgan fingerprint density at radius 3 is 2.58 bits per heavy atom. The van der Waals surface area contributed by atoms with Gasteiger partial charge in [0.1, 0.15) is 24.5 Å². The first-order valence-electron chi connectivity index (χ1n) is 10.0. The number of hydrogen-bond acceptors (Lipinski definition) is 7. The van der Waals surface area contributed by atoms with Gasteiger partial charge in [0.05, 0.1) is 13.5 Å². The lowest BCUT2D eigenvalue weighted by Gasteiger charge is -2.28. The predicted octanol–water partition coefficient (Wildman–Crippen LogP) is 2.33. The second-order valence-corrected chi connectivity index (χ2v) is 7.91. The molecule has 1 heterocycles. The van der Waals surface area contributed by atoms with Crippen molar-refractivity contribution < 1.29 is 24.5 Å². The van der Waals surface area contributed by atoms with Crippen LogP contribution in [0, 0.1) is 11.3 Å². The quantitative estimate of drug-likeness (QED) is 0.471. The van der Waals surface area contributed by atoms with Gasteiger partial charge in [0.2, 0.25) is 0 Å². The number of carbonyl (C=O) groups is 1. The molecule has 31 heavy (non-hydrogen) atoms. The van der Waals surface area contributed by atoms with Crippen LogP contribution in [0.1, 0.15) is 37.2 Å². The number of benzene rings is 1. The first kappa shape index (κ1) is 24.1. The summed E-state index contributed by atoms with van der Waals surface area (Å²) in [5.41, 5.74) is 1.48. The van der Waals surface area contributed by atoms with E-state index < -0.39 is 12.1 Å². The summed E-state index contributed by atoms with van der Waals surface area (Å²) in [6.07, 6.45) is 0.160. The number of aliphatic hydroxyl groups is 1. The number of aliphatic hydroxyl groups excluding tert-OH is 1. The van der Waals surface area contributed by atoms with E-state index in [0.717, 1.165) is 17.7 Å². The number of aliphatic carboxylic acids is 1. The molecule has 0 aliphatic heterocycles. The molecule has 3 N–H and O–H groups in total. The van der Waals surface area contributed by atoms with Crippen molar-refractivity contribution in [3.8, 4) is 17.6 Å². The molecule has 2 aromatic rings. The number of ether oxygens (including phenoxy) is 2. The summed E-state index contributed by atoms with van der Waals surface area (Å²) in [7, 11) is 1.63. The molecule has 1 aromatic carbocycles. The van der Waals surface area contributed by atoms with Gasteiger partial charge in [-0.3, -0.25) is 4.79 Å². The predicted molar refractivity (Wildman–Crippen MR) is 115 cm³/mol. The third kappa shape index (κ3) is 8.24. The maximum Gasteiger partial charge on any atom is 0.303 e. The normalized spacial score (nSPS) is 12.1. The van der Waals surface area contributed by atoms with E-state index in [1.54, 1.807) is 19.2 Å². The van der Waals surface area contributed by atoms with E-state index in [0.29, 0.717) is 12.2 Å². The van der Waals surface area contributed by atoms with Gasteiger partial charge in [0, 0.05) is 24.2 Å². The Balaban J connectivity index is 1.84. The summed E-state index contributed by atoms with van der Waals surface area (Å²) in [6.45, 7) is 4.42. The molecule has 0 fully saturated rings. The van der Waals surface area contributed by atoms with E-state index in [1.807, 2.05) is 30.3 Å². The molecule has 0 amide bonds. The lowest BCUT2D eigenvalue weighted by molar-refractivity contribution is -0.136. The molecule has 166 valence electrons. The van der Waals surface area contributed by atoms with E-state index in [1.165, 1.54) is 0 Å². The van der Waals surface area contributed by atoms with Crippen LogP contribution in [0.3, 0.4) is 0 Å². The zero-order valence-corrected chi connectivity index (χ0v) is 18.1. The molecule has 2 rings (SSSR count). The minimum Gasteiger partial charge on any atom is -0.497 e. The van der Waals surface area contributed by atoms with Crippen molar-refractivity contribution in [2.45, 2.75) is 44.8 Å². The van der Waals surface area contributed by atoms with E-state index in [-0.39, 0.29) is 36.4 Å². The first-order chi connectivity index (χ1) is 14.7. The van der Waals surface area contributed by atoms with Crippen LogP contribution in [-0.4, -0.2) is 53.1 Å². The van der Waals surface area contributed by atoms with Gasteiger partial charge in [-0.05, 0) is 50.1 Å². The van der Waals surface area contributed by atoms with Crippen LogP contribution < -0.4 is 14.8 Å². The van der Waals surface area contributed by atoms with Gasteiger partial charge in [-0.25, -0.2) is 4.98 Å². The maximum atomic E-state index is 10.7. The Morgan fingerprint density at radius 1 is 1.26 bits per heavy atom. The highest BCUT2D eigenvalue weighted by molar-refractivity contribution is 5.67. The Bertz CT molecular complexity index is 906. The van der Waals surface area contributed by atoms with Crippen LogP contribution in [0.2, 0.25) is 0 Å². The number of methoxy groups -OCH3 is 1. The average Bonchev–Trinajstić information content (AvgIpc) is 2.75. The molecular weight excluding hydrogens is 398 g/mol. The summed E-state index contributed by atoms with van der Waals surface area (Å²) < 4.78 is 10.7. The van der Waals surface area contributed by atoms with Crippen LogP contribution >= 0.6 is 0 Å². The van der Waals surface area contributed by atoms with E-state index in [9.17, 15) is 15.2 Å². The molecule has 0 saturated heterocycles. The largest absolute Gasteiger partial charge is 0.497 e. The van der Waals surface area contributed by atoms with Gasteiger partial charge in [0.25, 0.3) is 0 Å². The SMILES string of the molecule is COc1ccc(CC(C)(C)NC[C@H](O)COc2ccc(CCC(=O)O)nc2C#N)cc1. The van der Waals surface area contributed by atoms with Crippen molar-refractivity contribution in [1.82, 2.24) is 10.3 Å². The number of carboxylic acid groups (broad SMARTS) is 1. The zero-order chi connectivity index (χ0) is 22.9. The fraction of sp³-hybridized carbons (Fsp3) is 0.435. The molecule has 8 nitrogen and oxygen atoms in total. The van der Waals surface area contributed by atoms with E-state index in [4.69, 9.17) is 14.6 Å². The summed E-state index contributed by atoms with van der Waals surface area (Å²) in [5.74, 6) is 0.146. The molecule has 0 saturated carbocycles. The van der Waals surface area contributed by atoms with Gasteiger partial charge >= 0.3 is 5.97 Å². The minimum atomic E-state index is -0.925. The van der Waals surface area contributed by atoms with Crippen molar-refractivity contribution in [3.63, 3.8) is 0 Å². The van der Waals surface area contributed by atoms with Crippen LogP contribution in [0.5, 0.6) is 11.5 Å². The molecule has 0 aliphatic carbocycles. The number of nitrogens with zero attached hydrogens (tertiary/aromatic N) is 2. The Kier molecular flexibility index (Phi) is 8.79. The number of aromatic nitrogens is 1. The van der Waals surface area contributed by atoms with Crippen molar-refractivity contribution in [3.05, 3.63) is 53.3 Å². The molecule has 1 atom stereocenters. The molecule has 1 aromatic heterocycles. The topological polar surface area (TPSA) is 125 Å². The lowest BCUT2D eigenvalue weighted by atomic mass is 9.94. The summed E-state index contributed by atoms with van der Waals surface area (Å²) in [6, 6.07) is 13.0. The van der Waals surface area contributed by atoms with E-state index in [2.05, 4.69) is 24.1 Å². The molecular formula is C23H29N3O5. The fourth-order valence-corrected chi connectivity index (χ4v) is 3.01. The van der Waals surface area contributed by atoms with Crippen molar-refractivity contribution in [2.24, 2.45) is 0 Å². The molecule has 8 heteroatoms. The molecule has 0 radical (unpaired) electrons. The standard InChI is InChI=1S/C23H29N3O5/c1-23(2,12-16-4-8-19(30-3)9-5-16)25-14-18(27)15-31-21-10-6-17(7-11-22(28)29)26-20(21)13-24/h4-6,8-10,18,25,27H,7,11-12,14-15H2,1-3H3,(H,28,29)/t18-/m0/s1. The van der Waals surface area contributed by atoms with E-state index >= 15 is 0 Å². The number of nitrogens with one attached hydrogen (secondary N) is 1. The molecule has 0 bridgehead atoms. The smallest absolute Gasteiger partial charge is 0.303 e. The fourth-order valence-electron chi connectivity index (χ4n) is 3.01. The summed E-state index contributed by atoms with van der Waals surface area (Å²) >= 11 is 0. The third-order valence-electron chi connectivity index (χ3n) is 4.67. The highest BCUT2D eigenvalue weighted by Gasteiger charge is 2.20. The zero-order valence-electron chi connectivity index (χ0n) is 18.1. The number of aryl methyl sites for hydroxylation is 1. The molecule has 0 aliphatic rings. The number of rotatable bonds is 12. The average molecular weight is 428 g/mol. The summed E-state index contributed by atoms with van der Waals surface area (Å²) in [5, 5.41) is 31.7. The van der Waals surface area contributed by atoms with Crippen molar-refractivity contribution in [1.29, 1.82) is 5.26 Å². The Morgan fingerprint density at radius 2 is 1.97 bits per heavy atom. The second-order valence-electron chi connectivity index (χ2n) is 7.91. The third-order valence-corrected chi connectivity index (χ3v) is 4.67. The highest BCUT2D eigenvalue weighted by atomic mass is 16.5. The number of nitriles is 1. The monoisotopic (exact) mass is 427 g/mol. The number of pyridine rings is 1. The van der Waals surface area contributed by atoms with Gasteiger partial charge in [0.15, 0.2) is 11.4 Å². The van der Waals surface area contributed by atoms with Crippen LogP contribution in [0.4, 0.5) is 0 Å². The van der Waals surface area contributed by atoms with Gasteiger partial charge < -0.3 is 25.0 Å². The number of β-amino-alcohol motifs (C(OH)–C–C–N with tert-alkyl or cyclic N) is 1. The highest BCUT2D eigenvalue weighted by Crippen LogP contribution is 2.18. The molecule has 0 spiro atoms. The minimum absolute atomic E-state index is 0.00352. The lowest BCUT2D eigenvalue weighted by Crippen LogP contribution is -2.46. The van der Waals surface area contributed by atoms with Crippen molar-refractivity contribution in [2.75, 3.05) is 20.3 Å². The van der Waals surface area contributed by atoms with Crippen LogP contribution in [0.15, 0.2) is 36.4 Å². The van der Waals surface area contributed by atoms with Crippen molar-refractivity contribution >= 4 is 5.97 Å².